The van der Waals surface area contributed by atoms with Gasteiger partial charge in [0.05, 0.1) is 13.7 Å². The lowest BCUT2D eigenvalue weighted by atomic mass is 10.3. The number of rotatable bonds is 7. The zero-order valence-corrected chi connectivity index (χ0v) is 10.4. The Morgan fingerprint density at radius 2 is 2.35 bits per heavy atom. The predicted molar refractivity (Wildman–Crippen MR) is 67.3 cm³/mol. The van der Waals surface area contributed by atoms with E-state index >= 15 is 0 Å². The average molecular weight is 237 g/mol. The molecule has 5 nitrogen and oxygen atoms in total. The van der Waals surface area contributed by atoms with Crippen molar-refractivity contribution in [1.82, 2.24) is 15.1 Å². The first kappa shape index (κ1) is 13.4. The van der Waals surface area contributed by atoms with E-state index in [4.69, 9.17) is 4.74 Å². The molecule has 0 unspecified atom stereocenters. The Morgan fingerprint density at radius 1 is 1.59 bits per heavy atom. The molecule has 1 heterocycles. The summed E-state index contributed by atoms with van der Waals surface area (Å²) in [6.07, 6.45) is 1.07. The van der Waals surface area contributed by atoms with Gasteiger partial charge in [0.25, 0.3) is 5.56 Å². The zero-order valence-electron chi connectivity index (χ0n) is 10.4. The number of hydrogen-bond donors (Lipinski definition) is 1. The molecule has 5 heteroatoms. The Labute approximate surface area is 101 Å². The van der Waals surface area contributed by atoms with Gasteiger partial charge in [0.15, 0.2) is 0 Å². The number of ether oxygens (including phenoxy) is 1. The molecule has 0 saturated carbocycles. The molecular formula is C12H19N3O2. The van der Waals surface area contributed by atoms with Crippen LogP contribution in [0.2, 0.25) is 0 Å². The molecule has 0 atom stereocenters. The molecule has 1 aromatic rings. The molecule has 0 bridgehead atoms. The van der Waals surface area contributed by atoms with E-state index in [9.17, 15) is 4.79 Å². The molecule has 0 fully saturated rings. The Balaban J connectivity index is 2.61. The average Bonchev–Trinajstić information content (AvgIpc) is 2.32. The van der Waals surface area contributed by atoms with E-state index in [1.807, 2.05) is 0 Å². The van der Waals surface area contributed by atoms with E-state index in [0.29, 0.717) is 19.0 Å². The molecule has 1 rings (SSSR count). The summed E-state index contributed by atoms with van der Waals surface area (Å²) in [6.45, 7) is 8.06. The summed E-state index contributed by atoms with van der Waals surface area (Å²) in [5.74, 6) is 0.430. The summed E-state index contributed by atoms with van der Waals surface area (Å²) in [5.41, 5.74) is 0.767. The molecule has 0 radical (unpaired) electrons. The van der Waals surface area contributed by atoms with Crippen LogP contribution in [0.5, 0.6) is 5.88 Å². The summed E-state index contributed by atoms with van der Waals surface area (Å²) < 4.78 is 6.33. The lowest BCUT2D eigenvalue weighted by molar-refractivity contribution is 0.378. The quantitative estimate of drug-likeness (QED) is 0.563. The summed E-state index contributed by atoms with van der Waals surface area (Å²) in [4.78, 5) is 11.5. The minimum Gasteiger partial charge on any atom is -0.480 e. The number of aromatic nitrogens is 2. The number of methoxy groups -OCH3 is 1. The van der Waals surface area contributed by atoms with Crippen LogP contribution < -0.4 is 15.6 Å². The van der Waals surface area contributed by atoms with Gasteiger partial charge in [-0.15, -0.1) is 5.10 Å². The predicted octanol–water partition coefficient (Wildman–Crippen LogP) is 0.808. The van der Waals surface area contributed by atoms with Gasteiger partial charge < -0.3 is 10.1 Å². The highest BCUT2D eigenvalue weighted by Crippen LogP contribution is 2.00. The third-order valence-electron chi connectivity index (χ3n) is 2.23. The topological polar surface area (TPSA) is 56.1 Å². The summed E-state index contributed by atoms with van der Waals surface area (Å²) >= 11 is 0. The zero-order chi connectivity index (χ0) is 12.7. The molecule has 0 saturated heterocycles. The second-order valence-electron chi connectivity index (χ2n) is 3.80. The SMILES string of the molecule is C=C(CNCCC)Cn1nc(OC)ccc1=O. The summed E-state index contributed by atoms with van der Waals surface area (Å²) in [6, 6.07) is 3.00. The van der Waals surface area contributed by atoms with Crippen molar-refractivity contribution in [3.8, 4) is 5.88 Å². The van der Waals surface area contributed by atoms with Gasteiger partial charge >= 0.3 is 0 Å². The number of hydrogen-bond acceptors (Lipinski definition) is 4. The monoisotopic (exact) mass is 237 g/mol. The summed E-state index contributed by atoms with van der Waals surface area (Å²) in [7, 11) is 1.52. The Bertz CT molecular complexity index is 426. The van der Waals surface area contributed by atoms with E-state index in [0.717, 1.165) is 18.5 Å². The van der Waals surface area contributed by atoms with Crippen molar-refractivity contribution in [1.29, 1.82) is 0 Å². The van der Waals surface area contributed by atoms with Crippen molar-refractivity contribution in [2.75, 3.05) is 20.2 Å². The van der Waals surface area contributed by atoms with E-state index in [2.05, 4.69) is 23.9 Å². The van der Waals surface area contributed by atoms with E-state index in [-0.39, 0.29) is 5.56 Å². The normalized spacial score (nSPS) is 10.2. The Morgan fingerprint density at radius 3 is 3.00 bits per heavy atom. The maximum absolute atomic E-state index is 11.5. The van der Waals surface area contributed by atoms with Gasteiger partial charge in [0.2, 0.25) is 5.88 Å². The van der Waals surface area contributed by atoms with Gasteiger partial charge in [-0.2, -0.15) is 0 Å². The maximum Gasteiger partial charge on any atom is 0.267 e. The molecule has 17 heavy (non-hydrogen) atoms. The molecule has 0 amide bonds. The van der Waals surface area contributed by atoms with E-state index in [1.165, 1.54) is 17.9 Å². The fourth-order valence-corrected chi connectivity index (χ4v) is 1.36. The fourth-order valence-electron chi connectivity index (χ4n) is 1.36. The number of nitrogens with one attached hydrogen (secondary N) is 1. The molecule has 1 N–H and O–H groups in total. The largest absolute Gasteiger partial charge is 0.480 e. The van der Waals surface area contributed by atoms with Crippen molar-refractivity contribution in [2.45, 2.75) is 19.9 Å². The second-order valence-corrected chi connectivity index (χ2v) is 3.80. The minimum absolute atomic E-state index is 0.151. The van der Waals surface area contributed by atoms with Crippen LogP contribution in [0.4, 0.5) is 0 Å². The molecule has 0 aliphatic carbocycles. The van der Waals surface area contributed by atoms with Gasteiger partial charge in [0.1, 0.15) is 0 Å². The molecule has 94 valence electrons. The van der Waals surface area contributed by atoms with Crippen LogP contribution in [0, 0.1) is 0 Å². The highest BCUT2D eigenvalue weighted by Gasteiger charge is 2.02. The lowest BCUT2D eigenvalue weighted by Crippen LogP contribution is -2.26. The van der Waals surface area contributed by atoms with Gasteiger partial charge in [-0.3, -0.25) is 4.79 Å². The first-order valence-electron chi connectivity index (χ1n) is 5.67. The van der Waals surface area contributed by atoms with Crippen LogP contribution >= 0.6 is 0 Å². The van der Waals surface area contributed by atoms with E-state index < -0.39 is 0 Å². The third-order valence-corrected chi connectivity index (χ3v) is 2.23. The first-order chi connectivity index (χ1) is 8.17. The first-order valence-corrected chi connectivity index (χ1v) is 5.67. The lowest BCUT2D eigenvalue weighted by Gasteiger charge is -2.09. The van der Waals surface area contributed by atoms with Gasteiger partial charge in [-0.1, -0.05) is 13.5 Å². The second kappa shape index (κ2) is 6.85. The van der Waals surface area contributed by atoms with Crippen LogP contribution in [-0.2, 0) is 6.54 Å². The van der Waals surface area contributed by atoms with Gasteiger partial charge in [-0.05, 0) is 18.5 Å². The smallest absolute Gasteiger partial charge is 0.267 e. The molecule has 0 aliphatic rings. The fraction of sp³-hybridized carbons (Fsp3) is 0.500. The third kappa shape index (κ3) is 4.40. The highest BCUT2D eigenvalue weighted by molar-refractivity contribution is 5.07. The molecule has 1 aromatic heterocycles. The standard InChI is InChI=1S/C12H19N3O2/c1-4-7-13-8-10(2)9-15-12(16)6-5-11(14-15)17-3/h5-6,13H,2,4,7-9H2,1,3H3. The van der Waals surface area contributed by atoms with Crippen molar-refractivity contribution in [3.63, 3.8) is 0 Å². The number of nitrogens with zero attached hydrogens (tertiary/aromatic N) is 2. The molecule has 0 spiro atoms. The van der Waals surface area contributed by atoms with Crippen molar-refractivity contribution < 1.29 is 4.74 Å². The van der Waals surface area contributed by atoms with Gasteiger partial charge in [0, 0.05) is 18.7 Å². The van der Waals surface area contributed by atoms with E-state index in [1.54, 1.807) is 6.07 Å². The van der Waals surface area contributed by atoms with Crippen LogP contribution in [0.3, 0.4) is 0 Å². The van der Waals surface area contributed by atoms with Crippen molar-refractivity contribution in [2.24, 2.45) is 0 Å². The maximum atomic E-state index is 11.5. The highest BCUT2D eigenvalue weighted by atomic mass is 16.5. The molecule has 0 aromatic carbocycles. The molecule has 0 aliphatic heterocycles. The van der Waals surface area contributed by atoms with Crippen molar-refractivity contribution in [3.05, 3.63) is 34.6 Å². The Hall–Kier alpha value is -1.62. The van der Waals surface area contributed by atoms with Crippen LogP contribution in [-0.4, -0.2) is 30.0 Å². The van der Waals surface area contributed by atoms with Crippen LogP contribution in [0.1, 0.15) is 13.3 Å². The Kier molecular flexibility index (Phi) is 5.42. The van der Waals surface area contributed by atoms with Gasteiger partial charge in [-0.25, -0.2) is 4.68 Å². The van der Waals surface area contributed by atoms with Crippen LogP contribution in [0.15, 0.2) is 29.1 Å². The summed E-state index contributed by atoms with van der Waals surface area (Å²) in [5, 5.41) is 7.28. The van der Waals surface area contributed by atoms with Crippen molar-refractivity contribution >= 4 is 0 Å². The van der Waals surface area contributed by atoms with Crippen LogP contribution in [0.25, 0.3) is 0 Å². The molecular weight excluding hydrogens is 218 g/mol. The minimum atomic E-state index is -0.151.